The summed E-state index contributed by atoms with van der Waals surface area (Å²) in [5.74, 6) is 2.08. The van der Waals surface area contributed by atoms with E-state index in [1.165, 1.54) is 18.4 Å². The van der Waals surface area contributed by atoms with Crippen molar-refractivity contribution < 1.29 is 5.11 Å². The summed E-state index contributed by atoms with van der Waals surface area (Å²) >= 11 is 0. The van der Waals surface area contributed by atoms with Gasteiger partial charge >= 0.3 is 0 Å². The summed E-state index contributed by atoms with van der Waals surface area (Å²) in [6.45, 7) is 5.59. The molecule has 0 heterocycles. The van der Waals surface area contributed by atoms with E-state index in [1.54, 1.807) is 12.1 Å². The van der Waals surface area contributed by atoms with Gasteiger partial charge in [-0.2, -0.15) is 0 Å². The monoisotopic (exact) mass is 219 g/mol. The third-order valence-corrected chi connectivity index (χ3v) is 3.57. The molecule has 2 rings (SSSR count). The largest absolute Gasteiger partial charge is 0.508 e. The van der Waals surface area contributed by atoms with E-state index in [0.717, 1.165) is 18.4 Å². The predicted octanol–water partition coefficient (Wildman–Crippen LogP) is 3.09. The summed E-state index contributed by atoms with van der Waals surface area (Å²) < 4.78 is 0. The first kappa shape index (κ1) is 11.5. The van der Waals surface area contributed by atoms with E-state index in [0.29, 0.717) is 11.8 Å². The van der Waals surface area contributed by atoms with Gasteiger partial charge in [0.1, 0.15) is 5.75 Å². The lowest BCUT2D eigenvalue weighted by Crippen LogP contribution is -2.25. The van der Waals surface area contributed by atoms with Crippen molar-refractivity contribution in [3.8, 4) is 5.75 Å². The Morgan fingerprint density at radius 1 is 1.25 bits per heavy atom. The van der Waals surface area contributed by atoms with Gasteiger partial charge in [0.05, 0.1) is 0 Å². The van der Waals surface area contributed by atoms with Gasteiger partial charge in [-0.3, -0.25) is 0 Å². The molecule has 2 N–H and O–H groups in total. The molecule has 0 saturated heterocycles. The molecule has 0 bridgehead atoms. The molecule has 0 aromatic heterocycles. The zero-order valence-electron chi connectivity index (χ0n) is 10.1. The predicted molar refractivity (Wildman–Crippen MR) is 66.4 cm³/mol. The van der Waals surface area contributed by atoms with Crippen molar-refractivity contribution in [3.05, 3.63) is 29.8 Å². The van der Waals surface area contributed by atoms with Crippen molar-refractivity contribution in [2.24, 2.45) is 11.8 Å². The van der Waals surface area contributed by atoms with Gasteiger partial charge in [-0.25, -0.2) is 0 Å². The standard InChI is InChI=1S/C14H21NO/c1-10(12-3-4-12)9-15-11(2)13-5-7-14(16)8-6-13/h5-8,10-12,15-16H,3-4,9H2,1-2H3. The number of benzene rings is 1. The fourth-order valence-corrected chi connectivity index (χ4v) is 2.08. The van der Waals surface area contributed by atoms with Gasteiger partial charge in [0, 0.05) is 6.04 Å². The van der Waals surface area contributed by atoms with Crippen molar-refractivity contribution in [3.63, 3.8) is 0 Å². The quantitative estimate of drug-likeness (QED) is 0.797. The minimum Gasteiger partial charge on any atom is -0.508 e. The second-order valence-electron chi connectivity index (χ2n) is 5.04. The highest BCUT2D eigenvalue weighted by molar-refractivity contribution is 5.27. The van der Waals surface area contributed by atoms with Gasteiger partial charge in [0.25, 0.3) is 0 Å². The summed E-state index contributed by atoms with van der Waals surface area (Å²) in [6.07, 6.45) is 2.83. The van der Waals surface area contributed by atoms with Crippen LogP contribution in [-0.4, -0.2) is 11.7 Å². The molecule has 1 aliphatic rings. The molecule has 1 fully saturated rings. The van der Waals surface area contributed by atoms with Crippen LogP contribution in [0.1, 0.15) is 38.3 Å². The van der Waals surface area contributed by atoms with Crippen LogP contribution in [0, 0.1) is 11.8 Å². The Morgan fingerprint density at radius 3 is 2.44 bits per heavy atom. The average molecular weight is 219 g/mol. The summed E-state index contributed by atoms with van der Waals surface area (Å²) in [7, 11) is 0. The minimum atomic E-state index is 0.335. The molecular formula is C14H21NO. The maximum atomic E-state index is 9.22. The summed E-state index contributed by atoms with van der Waals surface area (Å²) in [6, 6.07) is 7.82. The van der Waals surface area contributed by atoms with Crippen LogP contribution in [0.3, 0.4) is 0 Å². The van der Waals surface area contributed by atoms with Gasteiger partial charge in [-0.05, 0) is 55.8 Å². The normalized spacial score (nSPS) is 19.4. The highest BCUT2D eigenvalue weighted by Crippen LogP contribution is 2.36. The van der Waals surface area contributed by atoms with E-state index in [9.17, 15) is 5.11 Å². The molecule has 1 aromatic rings. The zero-order valence-corrected chi connectivity index (χ0v) is 10.1. The molecule has 88 valence electrons. The fraction of sp³-hybridized carbons (Fsp3) is 0.571. The second kappa shape index (κ2) is 4.88. The average Bonchev–Trinajstić information content (AvgIpc) is 3.10. The van der Waals surface area contributed by atoms with Gasteiger partial charge < -0.3 is 10.4 Å². The Labute approximate surface area is 97.7 Å². The van der Waals surface area contributed by atoms with Crippen molar-refractivity contribution >= 4 is 0 Å². The topological polar surface area (TPSA) is 32.3 Å². The number of rotatable bonds is 5. The summed E-state index contributed by atoms with van der Waals surface area (Å²) in [4.78, 5) is 0. The molecule has 1 aliphatic carbocycles. The SMILES string of the molecule is CC(NCC(C)C1CC1)c1ccc(O)cc1. The first-order valence-electron chi connectivity index (χ1n) is 6.19. The molecule has 2 atom stereocenters. The molecule has 1 saturated carbocycles. The van der Waals surface area contributed by atoms with Gasteiger partial charge in [0.15, 0.2) is 0 Å². The number of phenolic OH excluding ortho intramolecular Hbond substituents is 1. The van der Waals surface area contributed by atoms with Crippen LogP contribution in [0.25, 0.3) is 0 Å². The summed E-state index contributed by atoms with van der Waals surface area (Å²) in [5.41, 5.74) is 1.24. The lowest BCUT2D eigenvalue weighted by atomic mass is 10.0. The maximum absolute atomic E-state index is 9.22. The Hall–Kier alpha value is -1.02. The lowest BCUT2D eigenvalue weighted by molar-refractivity contribution is 0.431. The molecule has 2 heteroatoms. The lowest BCUT2D eigenvalue weighted by Gasteiger charge is -2.17. The highest BCUT2D eigenvalue weighted by atomic mass is 16.3. The van der Waals surface area contributed by atoms with Crippen molar-refractivity contribution in [1.82, 2.24) is 5.32 Å². The van der Waals surface area contributed by atoms with Crippen molar-refractivity contribution in [1.29, 1.82) is 0 Å². The van der Waals surface area contributed by atoms with E-state index in [-0.39, 0.29) is 0 Å². The van der Waals surface area contributed by atoms with E-state index in [1.807, 2.05) is 12.1 Å². The number of hydrogen-bond donors (Lipinski definition) is 2. The van der Waals surface area contributed by atoms with Crippen LogP contribution in [0.15, 0.2) is 24.3 Å². The maximum Gasteiger partial charge on any atom is 0.115 e. The number of hydrogen-bond acceptors (Lipinski definition) is 2. The summed E-state index contributed by atoms with van der Waals surface area (Å²) in [5, 5.41) is 12.8. The van der Waals surface area contributed by atoms with Gasteiger partial charge in [-0.15, -0.1) is 0 Å². The first-order chi connectivity index (χ1) is 7.66. The zero-order chi connectivity index (χ0) is 11.5. The van der Waals surface area contributed by atoms with Crippen LogP contribution >= 0.6 is 0 Å². The van der Waals surface area contributed by atoms with Crippen LogP contribution < -0.4 is 5.32 Å². The fourth-order valence-electron chi connectivity index (χ4n) is 2.08. The van der Waals surface area contributed by atoms with Gasteiger partial charge in [0.2, 0.25) is 0 Å². The van der Waals surface area contributed by atoms with E-state index >= 15 is 0 Å². The van der Waals surface area contributed by atoms with E-state index in [2.05, 4.69) is 19.2 Å². The van der Waals surface area contributed by atoms with E-state index < -0.39 is 0 Å². The number of nitrogens with one attached hydrogen (secondary N) is 1. The highest BCUT2D eigenvalue weighted by Gasteiger charge is 2.27. The molecule has 0 aliphatic heterocycles. The molecule has 0 amide bonds. The molecule has 1 aromatic carbocycles. The van der Waals surface area contributed by atoms with Crippen LogP contribution in [0.2, 0.25) is 0 Å². The van der Waals surface area contributed by atoms with E-state index in [4.69, 9.17) is 0 Å². The third kappa shape index (κ3) is 2.99. The number of aromatic hydroxyl groups is 1. The Bertz CT molecular complexity index is 329. The molecule has 16 heavy (non-hydrogen) atoms. The van der Waals surface area contributed by atoms with Crippen LogP contribution in [0.4, 0.5) is 0 Å². The molecule has 2 unspecified atom stereocenters. The first-order valence-corrected chi connectivity index (χ1v) is 6.19. The molecule has 2 nitrogen and oxygen atoms in total. The minimum absolute atomic E-state index is 0.335. The van der Waals surface area contributed by atoms with Crippen LogP contribution in [-0.2, 0) is 0 Å². The smallest absolute Gasteiger partial charge is 0.115 e. The van der Waals surface area contributed by atoms with Crippen LogP contribution in [0.5, 0.6) is 5.75 Å². The van der Waals surface area contributed by atoms with Crippen molar-refractivity contribution in [2.75, 3.05) is 6.54 Å². The molecule has 0 radical (unpaired) electrons. The molecule has 0 spiro atoms. The number of phenols is 1. The molecular weight excluding hydrogens is 198 g/mol. The van der Waals surface area contributed by atoms with Gasteiger partial charge in [-0.1, -0.05) is 19.1 Å². The third-order valence-electron chi connectivity index (χ3n) is 3.57. The second-order valence-corrected chi connectivity index (χ2v) is 5.04. The Kier molecular flexibility index (Phi) is 3.49. The Balaban J connectivity index is 1.82. The Morgan fingerprint density at radius 2 is 1.88 bits per heavy atom. The van der Waals surface area contributed by atoms with Crippen molar-refractivity contribution in [2.45, 2.75) is 32.7 Å².